The van der Waals surface area contributed by atoms with Crippen molar-refractivity contribution in [2.45, 2.75) is 26.1 Å². The maximum atomic E-state index is 10.7. The van der Waals surface area contributed by atoms with Crippen LogP contribution in [0, 0.1) is 0 Å². The lowest BCUT2D eigenvalue weighted by Gasteiger charge is -2.28. The summed E-state index contributed by atoms with van der Waals surface area (Å²) < 4.78 is 10.8. The molecule has 1 amide bonds. The number of nitrogens with two attached hydrogens (primary N) is 1. The molecule has 0 aliphatic rings. The van der Waals surface area contributed by atoms with Crippen LogP contribution >= 0.6 is 0 Å². The molecule has 2 aromatic rings. The number of hydrogen-bond acceptors (Lipinski definition) is 4. The van der Waals surface area contributed by atoms with E-state index < -0.39 is 5.91 Å². The molecular weight excluding hydrogens is 316 g/mol. The monoisotopic (exact) mass is 342 g/mol. The van der Waals surface area contributed by atoms with Crippen LogP contribution in [0.3, 0.4) is 0 Å². The molecule has 2 aromatic carbocycles. The molecule has 2 rings (SSSR count). The van der Waals surface area contributed by atoms with Crippen molar-refractivity contribution in [3.05, 3.63) is 65.7 Å². The Balaban J connectivity index is 1.92. The van der Waals surface area contributed by atoms with Crippen LogP contribution in [0.2, 0.25) is 0 Å². The van der Waals surface area contributed by atoms with Gasteiger partial charge in [0.25, 0.3) is 5.91 Å². The van der Waals surface area contributed by atoms with Gasteiger partial charge in [0, 0.05) is 20.2 Å². The van der Waals surface area contributed by atoms with E-state index in [0.717, 1.165) is 19.5 Å². The van der Waals surface area contributed by atoms with Gasteiger partial charge in [-0.05, 0) is 36.6 Å². The van der Waals surface area contributed by atoms with E-state index in [1.165, 1.54) is 11.1 Å². The average Bonchev–Trinajstić information content (AvgIpc) is 2.64. The van der Waals surface area contributed by atoms with Crippen molar-refractivity contribution in [3.63, 3.8) is 0 Å². The maximum Gasteiger partial charge on any atom is 0.255 e. The molecule has 0 saturated heterocycles. The number of ether oxygens (including phenoxy) is 2. The number of primary amides is 1. The summed E-state index contributed by atoms with van der Waals surface area (Å²) in [7, 11) is 1.73. The van der Waals surface area contributed by atoms with E-state index in [9.17, 15) is 4.79 Å². The standard InChI is InChI=1S/C20H26N2O3/c1-16(24-2)22(14-18-6-4-3-5-7-18)13-12-17-8-10-19(11-9-17)25-15-20(21)23/h3-11,16H,12-15H2,1-2H3,(H2,21,23). The minimum atomic E-state index is -0.478. The molecule has 1 atom stereocenters. The number of nitrogens with zero attached hydrogens (tertiary/aromatic N) is 1. The predicted octanol–water partition coefficient (Wildman–Crippen LogP) is 2.59. The smallest absolute Gasteiger partial charge is 0.255 e. The topological polar surface area (TPSA) is 64.8 Å². The van der Waals surface area contributed by atoms with Crippen molar-refractivity contribution in [2.75, 3.05) is 20.3 Å². The van der Waals surface area contributed by atoms with E-state index in [1.54, 1.807) is 7.11 Å². The van der Waals surface area contributed by atoms with Gasteiger partial charge in [-0.2, -0.15) is 0 Å². The minimum absolute atomic E-state index is 0.0402. The fourth-order valence-corrected chi connectivity index (χ4v) is 2.54. The molecule has 0 bridgehead atoms. The highest BCUT2D eigenvalue weighted by Gasteiger charge is 2.13. The van der Waals surface area contributed by atoms with Crippen molar-refractivity contribution in [2.24, 2.45) is 5.73 Å². The van der Waals surface area contributed by atoms with Gasteiger partial charge in [0.15, 0.2) is 6.61 Å². The van der Waals surface area contributed by atoms with Crippen molar-refractivity contribution in [1.82, 2.24) is 4.90 Å². The number of carbonyl (C=O) groups excluding carboxylic acids is 1. The lowest BCUT2D eigenvalue weighted by molar-refractivity contribution is -0.119. The van der Waals surface area contributed by atoms with Crippen LogP contribution in [-0.4, -0.2) is 37.3 Å². The van der Waals surface area contributed by atoms with Crippen molar-refractivity contribution in [3.8, 4) is 5.75 Å². The molecule has 5 heteroatoms. The zero-order valence-corrected chi connectivity index (χ0v) is 14.9. The van der Waals surface area contributed by atoms with Gasteiger partial charge in [0.1, 0.15) is 12.0 Å². The van der Waals surface area contributed by atoms with Gasteiger partial charge in [-0.25, -0.2) is 0 Å². The third-order valence-electron chi connectivity index (χ3n) is 4.08. The number of methoxy groups -OCH3 is 1. The van der Waals surface area contributed by atoms with Crippen LogP contribution in [0.1, 0.15) is 18.1 Å². The molecule has 0 radical (unpaired) electrons. The van der Waals surface area contributed by atoms with Crippen LogP contribution in [0.25, 0.3) is 0 Å². The highest BCUT2D eigenvalue weighted by Crippen LogP contribution is 2.15. The molecule has 0 fully saturated rings. The molecule has 0 aromatic heterocycles. The highest BCUT2D eigenvalue weighted by molar-refractivity contribution is 5.75. The van der Waals surface area contributed by atoms with Gasteiger partial charge in [-0.1, -0.05) is 42.5 Å². The SMILES string of the molecule is COC(C)N(CCc1ccc(OCC(N)=O)cc1)Cc1ccccc1. The molecule has 25 heavy (non-hydrogen) atoms. The molecule has 0 saturated carbocycles. The second-order valence-corrected chi connectivity index (χ2v) is 5.94. The van der Waals surface area contributed by atoms with E-state index >= 15 is 0 Å². The third kappa shape index (κ3) is 6.57. The summed E-state index contributed by atoms with van der Waals surface area (Å²) in [6.45, 7) is 3.68. The summed E-state index contributed by atoms with van der Waals surface area (Å²) in [4.78, 5) is 13.0. The van der Waals surface area contributed by atoms with Gasteiger partial charge in [-0.3, -0.25) is 9.69 Å². The quantitative estimate of drug-likeness (QED) is 0.674. The van der Waals surface area contributed by atoms with Crippen molar-refractivity contribution < 1.29 is 14.3 Å². The normalized spacial score (nSPS) is 12.1. The van der Waals surface area contributed by atoms with Gasteiger partial charge < -0.3 is 15.2 Å². The summed E-state index contributed by atoms with van der Waals surface area (Å²) in [5.41, 5.74) is 7.54. The third-order valence-corrected chi connectivity index (χ3v) is 4.08. The summed E-state index contributed by atoms with van der Waals surface area (Å²) >= 11 is 0. The zero-order chi connectivity index (χ0) is 18.1. The van der Waals surface area contributed by atoms with Gasteiger partial charge in [-0.15, -0.1) is 0 Å². The number of rotatable bonds is 10. The predicted molar refractivity (Wildman–Crippen MR) is 98.2 cm³/mol. The molecule has 0 spiro atoms. The minimum Gasteiger partial charge on any atom is -0.484 e. The van der Waals surface area contributed by atoms with E-state index in [0.29, 0.717) is 5.75 Å². The molecule has 1 unspecified atom stereocenters. The van der Waals surface area contributed by atoms with Crippen LogP contribution in [-0.2, 0) is 22.5 Å². The fraction of sp³-hybridized carbons (Fsp3) is 0.350. The number of carbonyl (C=O) groups is 1. The van der Waals surface area contributed by atoms with Crippen LogP contribution in [0.15, 0.2) is 54.6 Å². The van der Waals surface area contributed by atoms with Crippen LogP contribution in [0.4, 0.5) is 0 Å². The van der Waals surface area contributed by atoms with E-state index in [4.69, 9.17) is 15.2 Å². The largest absolute Gasteiger partial charge is 0.484 e. The highest BCUT2D eigenvalue weighted by atomic mass is 16.5. The van der Waals surface area contributed by atoms with E-state index in [1.807, 2.05) is 30.3 Å². The first-order valence-corrected chi connectivity index (χ1v) is 8.39. The Kier molecular flexibility index (Phi) is 7.44. The Morgan fingerprint density at radius 1 is 1.08 bits per heavy atom. The summed E-state index contributed by atoms with van der Waals surface area (Å²) in [6.07, 6.45) is 0.940. The second kappa shape index (κ2) is 9.81. The lowest BCUT2D eigenvalue weighted by atomic mass is 10.1. The molecule has 134 valence electrons. The molecule has 0 aliphatic heterocycles. The summed E-state index contributed by atoms with van der Waals surface area (Å²) in [5.74, 6) is 0.170. The Labute approximate surface area is 149 Å². The Hall–Kier alpha value is -2.37. The first kappa shape index (κ1) is 19.0. The number of hydrogen-bond donors (Lipinski definition) is 1. The molecular formula is C20H26N2O3. The summed E-state index contributed by atoms with van der Waals surface area (Å²) in [5, 5.41) is 0. The Bertz CT molecular complexity index is 644. The van der Waals surface area contributed by atoms with Crippen molar-refractivity contribution >= 4 is 5.91 Å². The second-order valence-electron chi connectivity index (χ2n) is 5.94. The lowest BCUT2D eigenvalue weighted by Crippen LogP contribution is -2.35. The molecule has 2 N–H and O–H groups in total. The number of amides is 1. The van der Waals surface area contributed by atoms with Crippen LogP contribution < -0.4 is 10.5 Å². The molecule has 5 nitrogen and oxygen atoms in total. The molecule has 0 heterocycles. The first-order valence-electron chi connectivity index (χ1n) is 8.39. The van der Waals surface area contributed by atoms with Gasteiger partial charge in [0.05, 0.1) is 0 Å². The van der Waals surface area contributed by atoms with E-state index in [-0.39, 0.29) is 12.8 Å². The van der Waals surface area contributed by atoms with Crippen LogP contribution in [0.5, 0.6) is 5.75 Å². The maximum absolute atomic E-state index is 10.7. The Morgan fingerprint density at radius 3 is 2.36 bits per heavy atom. The van der Waals surface area contributed by atoms with E-state index in [2.05, 4.69) is 36.1 Å². The first-order chi connectivity index (χ1) is 12.1. The molecule has 0 aliphatic carbocycles. The summed E-state index contributed by atoms with van der Waals surface area (Å²) in [6, 6.07) is 18.1. The average molecular weight is 342 g/mol. The number of benzene rings is 2. The Morgan fingerprint density at radius 2 is 1.76 bits per heavy atom. The van der Waals surface area contributed by atoms with Crippen molar-refractivity contribution in [1.29, 1.82) is 0 Å². The fourth-order valence-electron chi connectivity index (χ4n) is 2.54. The zero-order valence-electron chi connectivity index (χ0n) is 14.9. The van der Waals surface area contributed by atoms with Gasteiger partial charge >= 0.3 is 0 Å². The van der Waals surface area contributed by atoms with Gasteiger partial charge in [0.2, 0.25) is 0 Å².